The molecule has 2 heterocycles. The molecular weight excluding hydrogens is 232 g/mol. The average Bonchev–Trinajstić information content (AvgIpc) is 2.81. The Morgan fingerprint density at radius 2 is 2.12 bits per heavy atom. The molecule has 92 valence electrons. The van der Waals surface area contributed by atoms with E-state index in [4.69, 9.17) is 4.98 Å². The normalized spacial score (nSPS) is 22.9. The lowest BCUT2D eigenvalue weighted by molar-refractivity contribution is 0.0976. The van der Waals surface area contributed by atoms with Gasteiger partial charge in [0.15, 0.2) is 10.9 Å². The van der Waals surface area contributed by atoms with E-state index in [1.165, 1.54) is 12.8 Å². The van der Waals surface area contributed by atoms with E-state index in [0.717, 1.165) is 35.1 Å². The zero-order valence-electron chi connectivity index (χ0n) is 10.5. The Hall–Kier alpha value is -0.900. The van der Waals surface area contributed by atoms with Gasteiger partial charge < -0.3 is 4.90 Å². The van der Waals surface area contributed by atoms with Crippen LogP contribution in [0.15, 0.2) is 0 Å². The number of carbonyl (C=O) groups excluding carboxylic acids is 1. The third-order valence-electron chi connectivity index (χ3n) is 3.89. The van der Waals surface area contributed by atoms with E-state index in [1.807, 2.05) is 0 Å². The molecule has 1 aliphatic heterocycles. The average molecular weight is 250 g/mol. The van der Waals surface area contributed by atoms with Crippen molar-refractivity contribution < 1.29 is 4.79 Å². The van der Waals surface area contributed by atoms with Crippen LogP contribution in [0, 0.1) is 0 Å². The summed E-state index contributed by atoms with van der Waals surface area (Å²) >= 11 is 1.61. The lowest BCUT2D eigenvalue weighted by Gasteiger charge is -2.31. The predicted molar refractivity (Wildman–Crippen MR) is 70.0 cm³/mol. The van der Waals surface area contributed by atoms with E-state index in [1.54, 1.807) is 11.3 Å². The van der Waals surface area contributed by atoms with E-state index < -0.39 is 0 Å². The highest BCUT2D eigenvalue weighted by molar-refractivity contribution is 7.17. The summed E-state index contributed by atoms with van der Waals surface area (Å²) in [6.45, 7) is 5.61. The van der Waals surface area contributed by atoms with Gasteiger partial charge >= 0.3 is 0 Å². The van der Waals surface area contributed by atoms with Crippen LogP contribution in [0.3, 0.4) is 0 Å². The van der Waals surface area contributed by atoms with Gasteiger partial charge in [-0.1, -0.05) is 11.3 Å². The summed E-state index contributed by atoms with van der Waals surface area (Å²) in [5, 5.41) is 1.06. The van der Waals surface area contributed by atoms with Crippen LogP contribution in [0.2, 0.25) is 0 Å². The highest BCUT2D eigenvalue weighted by Crippen LogP contribution is 2.38. The third kappa shape index (κ3) is 1.79. The Balaban J connectivity index is 1.97. The fraction of sp³-hybridized carbons (Fsp3) is 0.692. The molecule has 3 nitrogen and oxygen atoms in total. The van der Waals surface area contributed by atoms with Gasteiger partial charge in [-0.15, -0.1) is 0 Å². The largest absolute Gasteiger partial charge is 0.343 e. The van der Waals surface area contributed by atoms with E-state index in [0.29, 0.717) is 12.2 Å². The zero-order chi connectivity index (χ0) is 12.0. The molecule has 0 saturated carbocycles. The minimum atomic E-state index is 0.198. The number of fused-ring (bicyclic) bond motifs is 1. The maximum atomic E-state index is 11.8. The number of thiazole rings is 1. The molecular formula is C13H18N2OS. The highest BCUT2D eigenvalue weighted by Gasteiger charge is 2.35. The summed E-state index contributed by atoms with van der Waals surface area (Å²) in [5.41, 5.74) is 1.24. The maximum absolute atomic E-state index is 11.8. The molecule has 1 saturated heterocycles. The number of hydrogen-bond donors (Lipinski definition) is 0. The molecule has 4 heteroatoms. The van der Waals surface area contributed by atoms with Crippen molar-refractivity contribution in [1.29, 1.82) is 0 Å². The number of aromatic nitrogens is 1. The summed E-state index contributed by atoms with van der Waals surface area (Å²) < 4.78 is 0. The lowest BCUT2D eigenvalue weighted by Crippen LogP contribution is -2.38. The molecule has 1 aliphatic carbocycles. The van der Waals surface area contributed by atoms with E-state index in [-0.39, 0.29) is 5.54 Å². The summed E-state index contributed by atoms with van der Waals surface area (Å²) in [7, 11) is 0. The van der Waals surface area contributed by atoms with Gasteiger partial charge in [0.2, 0.25) is 0 Å². The number of carbonyl (C=O) groups is 1. The van der Waals surface area contributed by atoms with Crippen LogP contribution in [-0.4, -0.2) is 22.9 Å². The standard InChI is InChI=1S/C13H18N2OS/c1-13(2)7-4-8-15(13)12-14-9-5-3-6-10(16)11(9)17-12/h3-8H2,1-2H3. The highest BCUT2D eigenvalue weighted by atomic mass is 32.1. The Labute approximate surface area is 106 Å². The van der Waals surface area contributed by atoms with Crippen molar-refractivity contribution >= 4 is 22.3 Å². The van der Waals surface area contributed by atoms with Crippen LogP contribution >= 0.6 is 11.3 Å². The van der Waals surface area contributed by atoms with Gasteiger partial charge in [-0.05, 0) is 39.5 Å². The van der Waals surface area contributed by atoms with Crippen molar-refractivity contribution in [3.63, 3.8) is 0 Å². The Morgan fingerprint density at radius 1 is 1.29 bits per heavy atom. The first-order chi connectivity index (χ1) is 8.08. The van der Waals surface area contributed by atoms with Gasteiger partial charge in [0.25, 0.3) is 0 Å². The van der Waals surface area contributed by atoms with Gasteiger partial charge in [-0.3, -0.25) is 4.79 Å². The molecule has 1 aromatic rings. The second-order valence-electron chi connectivity index (χ2n) is 5.62. The van der Waals surface area contributed by atoms with E-state index >= 15 is 0 Å². The third-order valence-corrected chi connectivity index (χ3v) is 5.05. The van der Waals surface area contributed by atoms with Crippen molar-refractivity contribution in [2.24, 2.45) is 0 Å². The number of nitrogens with zero attached hydrogens (tertiary/aromatic N) is 2. The summed E-state index contributed by atoms with van der Waals surface area (Å²) in [6, 6.07) is 0. The van der Waals surface area contributed by atoms with Gasteiger partial charge in [-0.25, -0.2) is 4.98 Å². The molecule has 0 amide bonds. The molecule has 2 aliphatic rings. The maximum Gasteiger partial charge on any atom is 0.186 e. The SMILES string of the molecule is CC1(C)CCCN1c1nc2c(s1)C(=O)CCC2. The fourth-order valence-electron chi connectivity index (χ4n) is 2.83. The van der Waals surface area contributed by atoms with Crippen LogP contribution < -0.4 is 4.90 Å². The predicted octanol–water partition coefficient (Wildman–Crippen LogP) is 3.04. The number of Topliss-reactive ketones (excluding diaryl/α,β-unsaturated/α-hetero) is 1. The van der Waals surface area contributed by atoms with Gasteiger partial charge in [0.05, 0.1) is 10.6 Å². The van der Waals surface area contributed by atoms with Gasteiger partial charge in [-0.2, -0.15) is 0 Å². The van der Waals surface area contributed by atoms with E-state index in [9.17, 15) is 4.79 Å². The summed E-state index contributed by atoms with van der Waals surface area (Å²) in [5.74, 6) is 0.298. The van der Waals surface area contributed by atoms with Crippen LogP contribution in [0.1, 0.15) is 54.9 Å². The van der Waals surface area contributed by atoms with Crippen molar-refractivity contribution in [2.75, 3.05) is 11.4 Å². The van der Waals surface area contributed by atoms with Crippen LogP contribution in [0.4, 0.5) is 5.13 Å². The molecule has 1 aromatic heterocycles. The molecule has 0 radical (unpaired) electrons. The molecule has 0 aromatic carbocycles. The minimum Gasteiger partial charge on any atom is -0.343 e. The van der Waals surface area contributed by atoms with Gasteiger partial charge in [0.1, 0.15) is 0 Å². The number of ketones is 1. The Bertz CT molecular complexity index is 464. The lowest BCUT2D eigenvalue weighted by atomic mass is 10.0. The molecule has 0 N–H and O–H groups in total. The monoisotopic (exact) mass is 250 g/mol. The van der Waals surface area contributed by atoms with Crippen molar-refractivity contribution in [2.45, 2.75) is 51.5 Å². The van der Waals surface area contributed by atoms with E-state index in [2.05, 4.69) is 18.7 Å². The minimum absolute atomic E-state index is 0.198. The first kappa shape index (κ1) is 11.2. The first-order valence-corrected chi connectivity index (χ1v) is 7.20. The molecule has 3 rings (SSSR count). The molecule has 17 heavy (non-hydrogen) atoms. The van der Waals surface area contributed by atoms with Crippen LogP contribution in [0.25, 0.3) is 0 Å². The quantitative estimate of drug-likeness (QED) is 0.768. The zero-order valence-corrected chi connectivity index (χ0v) is 11.3. The molecule has 0 atom stereocenters. The Morgan fingerprint density at radius 3 is 2.76 bits per heavy atom. The van der Waals surface area contributed by atoms with Crippen molar-refractivity contribution in [3.8, 4) is 0 Å². The number of anilines is 1. The summed E-state index contributed by atoms with van der Waals surface area (Å²) in [6.07, 6.45) is 5.10. The van der Waals surface area contributed by atoms with Crippen molar-refractivity contribution in [1.82, 2.24) is 4.98 Å². The van der Waals surface area contributed by atoms with Crippen LogP contribution in [-0.2, 0) is 6.42 Å². The van der Waals surface area contributed by atoms with Gasteiger partial charge in [0, 0.05) is 18.5 Å². The second-order valence-corrected chi connectivity index (χ2v) is 6.59. The number of aryl methyl sites for hydroxylation is 1. The topological polar surface area (TPSA) is 33.2 Å². The fourth-order valence-corrected chi connectivity index (χ4v) is 4.10. The molecule has 0 unspecified atom stereocenters. The first-order valence-electron chi connectivity index (χ1n) is 6.38. The Kier molecular flexibility index (Phi) is 2.51. The molecule has 0 bridgehead atoms. The second kappa shape index (κ2) is 3.80. The molecule has 1 fully saturated rings. The number of rotatable bonds is 1. The smallest absolute Gasteiger partial charge is 0.186 e. The number of hydrogen-bond acceptors (Lipinski definition) is 4. The van der Waals surface area contributed by atoms with Crippen molar-refractivity contribution in [3.05, 3.63) is 10.6 Å². The summed E-state index contributed by atoms with van der Waals surface area (Å²) in [4.78, 5) is 19.8. The molecule has 0 spiro atoms. The van der Waals surface area contributed by atoms with Crippen LogP contribution in [0.5, 0.6) is 0 Å².